The number of aromatic nitrogens is 1. The first-order chi connectivity index (χ1) is 20.0. The zero-order valence-corrected chi connectivity index (χ0v) is 25.0. The number of fused-ring (bicyclic) bond motifs is 2. The quantitative estimate of drug-likeness (QED) is 0.378. The molecule has 0 unspecified atom stereocenters. The average molecular weight is 589 g/mol. The second-order valence-electron chi connectivity index (χ2n) is 12.6. The second kappa shape index (κ2) is 12.8. The lowest BCUT2D eigenvalue weighted by molar-refractivity contribution is -0.136. The van der Waals surface area contributed by atoms with Crippen molar-refractivity contribution in [3.63, 3.8) is 0 Å². The first kappa shape index (κ1) is 30.6. The fourth-order valence-corrected chi connectivity index (χ4v) is 6.53. The van der Waals surface area contributed by atoms with Crippen LogP contribution in [0.4, 0.5) is 23.7 Å². The van der Waals surface area contributed by atoms with Gasteiger partial charge in [-0.1, -0.05) is 18.2 Å². The number of amides is 1. The highest BCUT2D eigenvalue weighted by molar-refractivity contribution is 5.70. The van der Waals surface area contributed by atoms with Gasteiger partial charge < -0.3 is 14.4 Å². The van der Waals surface area contributed by atoms with Crippen molar-refractivity contribution in [2.24, 2.45) is 0 Å². The third-order valence-electron chi connectivity index (χ3n) is 8.41. The number of aryl methyl sites for hydroxylation is 1. The Balaban J connectivity index is 1.48. The Bertz CT molecular complexity index is 1230. The summed E-state index contributed by atoms with van der Waals surface area (Å²) in [5, 5.41) is 0. The lowest BCUT2D eigenvalue weighted by atomic mass is 9.88. The molecule has 0 saturated carbocycles. The number of carbonyl (C=O) groups excluding carboxylic acids is 1. The number of morpholine rings is 1. The third kappa shape index (κ3) is 7.56. The summed E-state index contributed by atoms with van der Waals surface area (Å²) in [6, 6.07) is 9.85. The van der Waals surface area contributed by atoms with Gasteiger partial charge in [0, 0.05) is 44.5 Å². The second-order valence-corrected chi connectivity index (χ2v) is 12.6. The summed E-state index contributed by atoms with van der Waals surface area (Å²) < 4.78 is 51.2. The molecule has 3 aliphatic rings. The highest BCUT2D eigenvalue weighted by Crippen LogP contribution is 2.37. The van der Waals surface area contributed by atoms with Crippen LogP contribution in [0.5, 0.6) is 0 Å². The summed E-state index contributed by atoms with van der Waals surface area (Å²) >= 11 is 0. The first-order valence-corrected chi connectivity index (χ1v) is 15.2. The van der Waals surface area contributed by atoms with Gasteiger partial charge in [-0.3, -0.25) is 14.8 Å². The molecule has 0 bridgehead atoms. The molecule has 230 valence electrons. The highest BCUT2D eigenvalue weighted by Gasteiger charge is 2.38. The van der Waals surface area contributed by atoms with Crippen LogP contribution in [0.2, 0.25) is 0 Å². The molecule has 5 rings (SSSR count). The molecule has 0 spiro atoms. The first-order valence-electron chi connectivity index (χ1n) is 15.2. The van der Waals surface area contributed by atoms with Crippen molar-refractivity contribution in [1.29, 1.82) is 0 Å². The summed E-state index contributed by atoms with van der Waals surface area (Å²) in [4.78, 5) is 24.6. The Labute approximate surface area is 247 Å². The van der Waals surface area contributed by atoms with E-state index in [9.17, 15) is 18.0 Å². The molecular formula is C32H43F3N4O3. The molecule has 1 aliphatic carbocycles. The molecule has 1 saturated heterocycles. The molecule has 7 nitrogen and oxygen atoms in total. The van der Waals surface area contributed by atoms with E-state index < -0.39 is 24.3 Å². The van der Waals surface area contributed by atoms with Crippen LogP contribution in [0.15, 0.2) is 36.5 Å². The molecule has 42 heavy (non-hydrogen) atoms. The molecule has 1 amide bonds. The van der Waals surface area contributed by atoms with Gasteiger partial charge in [0.15, 0.2) is 0 Å². The summed E-state index contributed by atoms with van der Waals surface area (Å²) in [5.41, 5.74) is 4.86. The summed E-state index contributed by atoms with van der Waals surface area (Å²) in [5.74, 6) is 0. The number of halogens is 3. The monoisotopic (exact) mass is 588 g/mol. The van der Waals surface area contributed by atoms with Gasteiger partial charge in [-0.25, -0.2) is 4.79 Å². The molecule has 0 N–H and O–H groups in total. The van der Waals surface area contributed by atoms with Gasteiger partial charge in [-0.2, -0.15) is 13.2 Å². The Morgan fingerprint density at radius 3 is 2.62 bits per heavy atom. The molecular weight excluding hydrogens is 545 g/mol. The number of carbonyl (C=O) groups is 1. The van der Waals surface area contributed by atoms with Crippen LogP contribution in [0.1, 0.15) is 74.9 Å². The normalized spacial score (nSPS) is 21.2. The van der Waals surface area contributed by atoms with Crippen LogP contribution < -0.4 is 4.90 Å². The van der Waals surface area contributed by atoms with Gasteiger partial charge in [-0.05, 0) is 88.2 Å². The number of rotatable bonds is 7. The Hall–Kier alpha value is -2.85. The van der Waals surface area contributed by atoms with Crippen LogP contribution in [0, 0.1) is 0 Å². The van der Waals surface area contributed by atoms with E-state index in [0.29, 0.717) is 32.7 Å². The number of anilines is 1. The van der Waals surface area contributed by atoms with Gasteiger partial charge in [0.05, 0.1) is 31.0 Å². The summed E-state index contributed by atoms with van der Waals surface area (Å²) in [6.45, 7) is 9.58. The third-order valence-corrected chi connectivity index (χ3v) is 8.41. The van der Waals surface area contributed by atoms with Crippen molar-refractivity contribution in [3.8, 4) is 0 Å². The number of hydrogen-bond acceptors (Lipinski definition) is 6. The molecule has 1 fully saturated rings. The maximum Gasteiger partial charge on any atom is 0.410 e. The molecule has 2 atom stereocenters. The van der Waals surface area contributed by atoms with Gasteiger partial charge in [0.1, 0.15) is 5.60 Å². The van der Waals surface area contributed by atoms with E-state index >= 15 is 0 Å². The summed E-state index contributed by atoms with van der Waals surface area (Å²) in [7, 11) is 0. The Morgan fingerprint density at radius 2 is 1.88 bits per heavy atom. The fraction of sp³-hybridized carbons (Fsp3) is 0.625. The average Bonchev–Trinajstić information content (AvgIpc) is 2.94. The van der Waals surface area contributed by atoms with E-state index in [2.05, 4.69) is 28.0 Å². The zero-order chi connectivity index (χ0) is 29.9. The number of ether oxygens (including phenoxy) is 2. The minimum Gasteiger partial charge on any atom is -0.444 e. The molecule has 1 aromatic carbocycles. The minimum atomic E-state index is -4.21. The molecule has 2 aliphatic heterocycles. The number of benzene rings is 1. The van der Waals surface area contributed by atoms with Crippen molar-refractivity contribution >= 4 is 11.8 Å². The van der Waals surface area contributed by atoms with E-state index in [-0.39, 0.29) is 25.0 Å². The van der Waals surface area contributed by atoms with E-state index in [4.69, 9.17) is 14.5 Å². The van der Waals surface area contributed by atoms with Crippen molar-refractivity contribution in [1.82, 2.24) is 14.8 Å². The van der Waals surface area contributed by atoms with E-state index in [1.165, 1.54) is 5.56 Å². The van der Waals surface area contributed by atoms with E-state index in [0.717, 1.165) is 54.9 Å². The molecule has 2 aromatic rings. The predicted molar refractivity (Wildman–Crippen MR) is 156 cm³/mol. The SMILES string of the molecule is CC(C)(C)OC(=O)N1Cc2cccc(N3CCOCC3)c2C[C@@H]1CN(CCCC(F)(F)F)[C@H]1CCCc2cccnc21. The van der Waals surface area contributed by atoms with Crippen LogP contribution in [-0.2, 0) is 28.9 Å². The van der Waals surface area contributed by atoms with Crippen molar-refractivity contribution in [2.75, 3.05) is 44.3 Å². The lowest BCUT2D eigenvalue weighted by Crippen LogP contribution is -2.52. The lowest BCUT2D eigenvalue weighted by Gasteiger charge is -2.44. The maximum absolute atomic E-state index is 13.6. The standard InChI is InChI=1S/C32H43F3N4O3/c1-31(2,3)42-30(40)39-21-24-9-5-11-27(37-16-18-41-19-17-37)26(24)20-25(39)22-38(15-7-13-32(33,34)35)28-12-4-8-23-10-6-14-36-29(23)28/h5-6,9-11,14,25,28H,4,7-8,12-13,15-22H2,1-3H3/t25-,28+/m1/s1. The van der Waals surface area contributed by atoms with Crippen LogP contribution in [-0.4, -0.2) is 78.1 Å². The molecule has 3 heterocycles. The largest absolute Gasteiger partial charge is 0.444 e. The van der Waals surface area contributed by atoms with Gasteiger partial charge in [0.2, 0.25) is 0 Å². The molecule has 1 aromatic heterocycles. The number of nitrogens with zero attached hydrogens (tertiary/aromatic N) is 4. The molecule has 0 radical (unpaired) electrons. The maximum atomic E-state index is 13.6. The topological polar surface area (TPSA) is 58.1 Å². The number of hydrogen-bond donors (Lipinski definition) is 0. The van der Waals surface area contributed by atoms with Crippen LogP contribution >= 0.6 is 0 Å². The fourth-order valence-electron chi connectivity index (χ4n) is 6.53. The van der Waals surface area contributed by atoms with Gasteiger partial charge in [0.25, 0.3) is 0 Å². The van der Waals surface area contributed by atoms with E-state index in [1.54, 1.807) is 11.1 Å². The summed E-state index contributed by atoms with van der Waals surface area (Å²) in [6.07, 6.45) is -0.398. The van der Waals surface area contributed by atoms with Crippen molar-refractivity contribution < 1.29 is 27.4 Å². The predicted octanol–water partition coefficient (Wildman–Crippen LogP) is 6.30. The van der Waals surface area contributed by atoms with Crippen LogP contribution in [0.25, 0.3) is 0 Å². The Kier molecular flexibility index (Phi) is 9.32. The number of alkyl halides is 3. The zero-order valence-electron chi connectivity index (χ0n) is 25.0. The number of pyridine rings is 1. The van der Waals surface area contributed by atoms with Crippen molar-refractivity contribution in [3.05, 3.63) is 58.9 Å². The van der Waals surface area contributed by atoms with Crippen LogP contribution in [0.3, 0.4) is 0 Å². The smallest absolute Gasteiger partial charge is 0.410 e. The Morgan fingerprint density at radius 1 is 1.12 bits per heavy atom. The van der Waals surface area contributed by atoms with Gasteiger partial charge in [-0.15, -0.1) is 0 Å². The van der Waals surface area contributed by atoms with Crippen molar-refractivity contribution in [2.45, 2.75) is 89.7 Å². The molecule has 10 heteroatoms. The minimum absolute atomic E-state index is 0.00304. The van der Waals surface area contributed by atoms with Gasteiger partial charge >= 0.3 is 12.3 Å². The van der Waals surface area contributed by atoms with E-state index in [1.807, 2.05) is 32.9 Å². The highest BCUT2D eigenvalue weighted by atomic mass is 19.4.